The van der Waals surface area contributed by atoms with Gasteiger partial charge in [-0.3, -0.25) is 9.69 Å². The van der Waals surface area contributed by atoms with E-state index in [0.29, 0.717) is 33.7 Å². The van der Waals surface area contributed by atoms with Crippen LogP contribution in [0.4, 0.5) is 10.1 Å². The molecule has 0 aromatic heterocycles. The highest BCUT2D eigenvalue weighted by Gasteiger charge is 2.39. The van der Waals surface area contributed by atoms with Gasteiger partial charge in [0, 0.05) is 23.0 Å². The number of anilines is 1. The molecule has 0 N–H and O–H groups in total. The lowest BCUT2D eigenvalue weighted by Gasteiger charge is -2.42. The normalized spacial score (nSPS) is 19.5. The third-order valence-electron chi connectivity index (χ3n) is 5.15. The van der Waals surface area contributed by atoms with Crippen molar-refractivity contribution < 1.29 is 9.18 Å². The highest BCUT2D eigenvalue weighted by molar-refractivity contribution is 8.03. The van der Waals surface area contributed by atoms with E-state index in [1.165, 1.54) is 17.8 Å². The number of benzene rings is 2. The lowest BCUT2D eigenvalue weighted by Crippen LogP contribution is -2.47. The molecule has 28 heavy (non-hydrogen) atoms. The molecule has 0 aliphatic carbocycles. The van der Waals surface area contributed by atoms with Gasteiger partial charge in [0.15, 0.2) is 0 Å². The van der Waals surface area contributed by atoms with Gasteiger partial charge in [0.25, 0.3) is 0 Å². The van der Waals surface area contributed by atoms with Crippen molar-refractivity contribution >= 4 is 35.0 Å². The second kappa shape index (κ2) is 7.50. The molecule has 142 valence electrons. The second-order valence-electron chi connectivity index (χ2n) is 6.77. The number of hydrogen-bond donors (Lipinski definition) is 0. The molecule has 0 bridgehead atoms. The third kappa shape index (κ3) is 3.15. The highest BCUT2D eigenvalue weighted by Crippen LogP contribution is 2.44. The van der Waals surface area contributed by atoms with Crippen LogP contribution in [0.2, 0.25) is 5.02 Å². The number of amides is 1. The topological polar surface area (TPSA) is 47.3 Å². The summed E-state index contributed by atoms with van der Waals surface area (Å²) in [5.41, 5.74) is 2.76. The molecule has 0 spiro atoms. The minimum absolute atomic E-state index is 0.0796. The summed E-state index contributed by atoms with van der Waals surface area (Å²) in [4.78, 5) is 16.6. The molecule has 0 saturated carbocycles. The van der Waals surface area contributed by atoms with Crippen LogP contribution in [0.25, 0.3) is 0 Å². The summed E-state index contributed by atoms with van der Waals surface area (Å²) in [6.07, 6.45) is 0.0796. The van der Waals surface area contributed by atoms with E-state index in [1.807, 2.05) is 25.1 Å². The Morgan fingerprint density at radius 2 is 2.04 bits per heavy atom. The second-order valence-corrected chi connectivity index (χ2v) is 8.11. The highest BCUT2D eigenvalue weighted by atomic mass is 35.5. The number of halogens is 2. The molecule has 2 heterocycles. The molecule has 1 amide bonds. The maximum atomic E-state index is 14.3. The predicted octanol–water partition coefficient (Wildman–Crippen LogP) is 5.01. The fourth-order valence-electron chi connectivity index (χ4n) is 3.68. The van der Waals surface area contributed by atoms with Crippen LogP contribution in [-0.2, 0) is 4.79 Å². The smallest absolute Gasteiger partial charge is 0.229 e. The van der Waals surface area contributed by atoms with Crippen LogP contribution in [0, 0.1) is 24.1 Å². The summed E-state index contributed by atoms with van der Waals surface area (Å²) < 4.78 is 14.3. The minimum Gasteiger partial charge on any atom is -0.343 e. The van der Waals surface area contributed by atoms with E-state index in [-0.39, 0.29) is 18.1 Å². The van der Waals surface area contributed by atoms with Gasteiger partial charge in [0.05, 0.1) is 29.2 Å². The van der Waals surface area contributed by atoms with Gasteiger partial charge in [-0.25, -0.2) is 4.39 Å². The Morgan fingerprint density at radius 3 is 2.79 bits per heavy atom. The summed E-state index contributed by atoms with van der Waals surface area (Å²) in [5, 5.41) is 11.1. The van der Waals surface area contributed by atoms with E-state index in [4.69, 9.17) is 11.6 Å². The predicted molar refractivity (Wildman–Crippen MR) is 109 cm³/mol. The van der Waals surface area contributed by atoms with Gasteiger partial charge in [-0.05, 0) is 36.2 Å². The molecular weight excluding hydrogens is 397 g/mol. The Morgan fingerprint density at radius 1 is 1.25 bits per heavy atom. The maximum Gasteiger partial charge on any atom is 0.229 e. The van der Waals surface area contributed by atoms with Crippen LogP contribution < -0.4 is 4.90 Å². The molecular formula is C21H17ClFN3OS. The first kappa shape index (κ1) is 18.9. The molecule has 4 nitrogen and oxygen atoms in total. The lowest BCUT2D eigenvalue weighted by atomic mass is 9.86. The van der Waals surface area contributed by atoms with Crippen molar-refractivity contribution in [3.05, 3.63) is 75.0 Å². The number of carbonyl (C=O) groups is 1. The molecule has 2 aliphatic rings. The number of hydrogen-bond acceptors (Lipinski definition) is 4. The number of nitrogens with zero attached hydrogens (tertiary/aromatic N) is 3. The van der Waals surface area contributed by atoms with Crippen LogP contribution in [0.15, 0.2) is 53.1 Å². The van der Waals surface area contributed by atoms with E-state index >= 15 is 0 Å². The summed E-state index contributed by atoms with van der Waals surface area (Å²) in [6.45, 7) is 2.29. The van der Waals surface area contributed by atoms with E-state index in [0.717, 1.165) is 11.3 Å². The van der Waals surface area contributed by atoms with Crippen molar-refractivity contribution in [2.24, 2.45) is 0 Å². The molecule has 2 aromatic rings. The Hall–Kier alpha value is -2.49. The molecule has 1 saturated heterocycles. The zero-order valence-electron chi connectivity index (χ0n) is 15.2. The average molecular weight is 414 g/mol. The number of allylic oxidation sites excluding steroid dienone is 1. The Balaban J connectivity index is 1.70. The van der Waals surface area contributed by atoms with Gasteiger partial charge < -0.3 is 4.90 Å². The number of carbonyl (C=O) groups excluding carboxylic acids is 1. The van der Waals surface area contributed by atoms with Crippen LogP contribution in [0.1, 0.15) is 23.5 Å². The van der Waals surface area contributed by atoms with Crippen molar-refractivity contribution in [3.63, 3.8) is 0 Å². The molecule has 0 unspecified atom stereocenters. The average Bonchev–Trinajstić information content (AvgIpc) is 2.70. The quantitative estimate of drug-likeness (QED) is 0.694. The zero-order chi connectivity index (χ0) is 19.8. The number of rotatable bonds is 2. The Bertz CT molecular complexity index is 1030. The van der Waals surface area contributed by atoms with E-state index in [2.05, 4.69) is 11.0 Å². The standard InChI is InChI=1S/C21H17ClFN3OS/c1-13-17(22)6-4-8-19(13)25-11-26-20(27)9-15(14-5-2-3-7-18(14)23)16(10-24)21(26)28-12-25/h2-8,15H,9,11-12H2,1H3/t15-/m1/s1. The van der Waals surface area contributed by atoms with Crippen molar-refractivity contribution in [2.75, 3.05) is 17.4 Å². The molecule has 1 atom stereocenters. The fraction of sp³-hybridized carbons (Fsp3) is 0.238. The molecule has 0 radical (unpaired) electrons. The SMILES string of the molecule is Cc1c(Cl)cccc1N1CSC2=C(C#N)[C@@H](c3ccccc3F)CC(=O)N2C1. The van der Waals surface area contributed by atoms with Gasteiger partial charge in [0.2, 0.25) is 5.91 Å². The maximum absolute atomic E-state index is 14.3. The van der Waals surface area contributed by atoms with Crippen molar-refractivity contribution in [2.45, 2.75) is 19.3 Å². The van der Waals surface area contributed by atoms with Crippen LogP contribution in [0.3, 0.4) is 0 Å². The van der Waals surface area contributed by atoms with Gasteiger partial charge in [-0.2, -0.15) is 5.26 Å². The molecule has 7 heteroatoms. The minimum atomic E-state index is -0.545. The van der Waals surface area contributed by atoms with Crippen LogP contribution in [-0.4, -0.2) is 23.4 Å². The van der Waals surface area contributed by atoms with Crippen molar-refractivity contribution in [1.82, 2.24) is 4.90 Å². The first-order valence-corrected chi connectivity index (χ1v) is 10.2. The largest absolute Gasteiger partial charge is 0.343 e. The summed E-state index contributed by atoms with van der Waals surface area (Å²) in [6, 6.07) is 14.3. The van der Waals surface area contributed by atoms with Gasteiger partial charge in [-0.15, -0.1) is 0 Å². The summed E-state index contributed by atoms with van der Waals surface area (Å²) >= 11 is 7.67. The van der Waals surface area contributed by atoms with Crippen molar-refractivity contribution in [1.29, 1.82) is 5.26 Å². The van der Waals surface area contributed by atoms with E-state index in [1.54, 1.807) is 23.1 Å². The number of fused-ring (bicyclic) bond motifs is 1. The van der Waals surface area contributed by atoms with Crippen molar-refractivity contribution in [3.8, 4) is 6.07 Å². The van der Waals surface area contributed by atoms with Gasteiger partial charge in [-0.1, -0.05) is 47.6 Å². The number of nitriles is 1. The molecule has 2 aliphatic heterocycles. The third-order valence-corrected chi connectivity index (χ3v) is 6.72. The van der Waals surface area contributed by atoms with Crippen LogP contribution in [0.5, 0.6) is 0 Å². The summed E-state index contributed by atoms with van der Waals surface area (Å²) in [7, 11) is 0. The van der Waals surface area contributed by atoms with E-state index in [9.17, 15) is 14.4 Å². The summed E-state index contributed by atoms with van der Waals surface area (Å²) in [5.74, 6) is -0.467. The van der Waals surface area contributed by atoms with E-state index < -0.39 is 5.92 Å². The first-order valence-electron chi connectivity index (χ1n) is 8.83. The fourth-order valence-corrected chi connectivity index (χ4v) is 5.00. The van der Waals surface area contributed by atoms with Gasteiger partial charge in [0.1, 0.15) is 5.82 Å². The molecule has 4 rings (SSSR count). The molecule has 1 fully saturated rings. The first-order chi connectivity index (χ1) is 13.5. The Kier molecular flexibility index (Phi) is 5.05. The molecule has 2 aromatic carbocycles. The van der Waals surface area contributed by atoms with Gasteiger partial charge >= 0.3 is 0 Å². The number of thioether (sulfide) groups is 1. The van der Waals surface area contributed by atoms with Crippen LogP contribution >= 0.6 is 23.4 Å². The Labute approximate surface area is 172 Å². The zero-order valence-corrected chi connectivity index (χ0v) is 16.7. The monoisotopic (exact) mass is 413 g/mol. The lowest BCUT2D eigenvalue weighted by molar-refractivity contribution is -0.129.